The Bertz CT molecular complexity index is 3680. The molecule has 11 aromatic rings. The molecular formula is C57H39N7. The first-order valence-electron chi connectivity index (χ1n) is 21.3. The molecule has 11 rings (SSSR count). The smallest absolute Gasteiger partial charge is 0.166 e. The molecule has 8 aromatic carbocycles. The van der Waals surface area contributed by atoms with E-state index in [9.17, 15) is 10.5 Å². The van der Waals surface area contributed by atoms with Gasteiger partial charge in [-0.1, -0.05) is 101 Å². The molecule has 7 heteroatoms. The molecule has 0 fully saturated rings. The number of benzene rings is 8. The fourth-order valence-electron chi connectivity index (χ4n) is 9.24. The van der Waals surface area contributed by atoms with Crippen LogP contribution in [-0.2, 0) is 0 Å². The van der Waals surface area contributed by atoms with Gasteiger partial charge in [0.15, 0.2) is 17.5 Å². The summed E-state index contributed by atoms with van der Waals surface area (Å²) in [5.74, 6) is 1.36. The molecule has 0 N–H and O–H groups in total. The first kappa shape index (κ1) is 38.3. The van der Waals surface area contributed by atoms with E-state index in [1.54, 1.807) is 0 Å². The normalized spacial score (nSPS) is 11.4. The van der Waals surface area contributed by atoms with Crippen LogP contribution in [0.4, 0.5) is 0 Å². The minimum absolute atomic E-state index is 0.424. The van der Waals surface area contributed by atoms with Crippen molar-refractivity contribution in [2.24, 2.45) is 0 Å². The Kier molecular flexibility index (Phi) is 9.01. The second-order valence-electron chi connectivity index (χ2n) is 16.7. The molecule has 0 aliphatic heterocycles. The quantitative estimate of drug-likeness (QED) is 0.166. The highest BCUT2D eigenvalue weighted by atomic mass is 15.1. The zero-order valence-corrected chi connectivity index (χ0v) is 35.7. The third kappa shape index (κ3) is 6.30. The Morgan fingerprint density at radius 2 is 0.828 bits per heavy atom. The predicted octanol–water partition coefficient (Wildman–Crippen LogP) is 13.7. The largest absolute Gasteiger partial charge is 0.309 e. The van der Waals surface area contributed by atoms with Crippen LogP contribution in [0, 0.1) is 50.4 Å². The number of fused-ring (bicyclic) bond motifs is 6. The Labute approximate surface area is 370 Å². The molecular weight excluding hydrogens is 783 g/mol. The summed E-state index contributed by atoms with van der Waals surface area (Å²) in [6.45, 7) is 8.48. The van der Waals surface area contributed by atoms with Gasteiger partial charge >= 0.3 is 0 Å². The lowest BCUT2D eigenvalue weighted by atomic mass is 9.97. The van der Waals surface area contributed by atoms with Crippen molar-refractivity contribution in [3.63, 3.8) is 0 Å². The summed E-state index contributed by atoms with van der Waals surface area (Å²) >= 11 is 0. The average Bonchev–Trinajstić information content (AvgIpc) is 3.81. The molecule has 7 nitrogen and oxygen atoms in total. The molecule has 3 heterocycles. The molecule has 0 radical (unpaired) electrons. The van der Waals surface area contributed by atoms with Crippen molar-refractivity contribution in [3.8, 4) is 68.8 Å². The van der Waals surface area contributed by atoms with Crippen molar-refractivity contribution in [1.29, 1.82) is 10.5 Å². The highest BCUT2D eigenvalue weighted by Crippen LogP contribution is 2.41. The third-order valence-electron chi connectivity index (χ3n) is 12.3. The van der Waals surface area contributed by atoms with Gasteiger partial charge in [0.25, 0.3) is 0 Å². The highest BCUT2D eigenvalue weighted by molar-refractivity contribution is 6.11. The van der Waals surface area contributed by atoms with Crippen LogP contribution >= 0.6 is 0 Å². The van der Waals surface area contributed by atoms with E-state index in [-0.39, 0.29) is 0 Å². The number of nitriles is 2. The van der Waals surface area contributed by atoms with E-state index in [0.717, 1.165) is 77.2 Å². The molecule has 0 aliphatic carbocycles. The Morgan fingerprint density at radius 1 is 0.375 bits per heavy atom. The van der Waals surface area contributed by atoms with Crippen LogP contribution in [0.25, 0.3) is 100 Å². The van der Waals surface area contributed by atoms with E-state index < -0.39 is 0 Å². The van der Waals surface area contributed by atoms with Crippen LogP contribution < -0.4 is 0 Å². The molecule has 0 saturated carbocycles. The zero-order valence-electron chi connectivity index (χ0n) is 35.7. The SMILES string of the molecule is Cc1ccc2c(c1)c1cc(C)ccc1n2-c1ccc(C#N)cc1-c1nc(-c2ccccc2)nc(-c2cc(-c3ccccc3C#N)ccc2-n2c3ccc(C)cc3c3cc(C)ccc32)n1. The number of aryl methyl sites for hydroxylation is 4. The van der Waals surface area contributed by atoms with Gasteiger partial charge in [-0.15, -0.1) is 0 Å². The van der Waals surface area contributed by atoms with Gasteiger partial charge in [-0.05, 0) is 124 Å². The van der Waals surface area contributed by atoms with Crippen LogP contribution in [0.1, 0.15) is 33.4 Å². The van der Waals surface area contributed by atoms with Gasteiger partial charge in [0.05, 0.1) is 56.7 Å². The lowest BCUT2D eigenvalue weighted by Gasteiger charge is -2.18. The van der Waals surface area contributed by atoms with Crippen molar-refractivity contribution < 1.29 is 0 Å². The maximum atomic E-state index is 10.4. The van der Waals surface area contributed by atoms with Gasteiger partial charge in [-0.2, -0.15) is 10.5 Å². The monoisotopic (exact) mass is 821 g/mol. The molecule has 0 bridgehead atoms. The van der Waals surface area contributed by atoms with Gasteiger partial charge in [-0.3, -0.25) is 0 Å². The maximum absolute atomic E-state index is 10.4. The maximum Gasteiger partial charge on any atom is 0.166 e. The predicted molar refractivity (Wildman–Crippen MR) is 259 cm³/mol. The fourth-order valence-corrected chi connectivity index (χ4v) is 9.24. The van der Waals surface area contributed by atoms with Crippen LogP contribution in [0.5, 0.6) is 0 Å². The van der Waals surface area contributed by atoms with E-state index >= 15 is 0 Å². The summed E-state index contributed by atoms with van der Waals surface area (Å²) < 4.78 is 4.56. The van der Waals surface area contributed by atoms with Crippen LogP contribution in [0.15, 0.2) is 164 Å². The fraction of sp³-hybridized carbons (Fsp3) is 0.0702. The van der Waals surface area contributed by atoms with Crippen molar-refractivity contribution in [3.05, 3.63) is 197 Å². The summed E-state index contributed by atoms with van der Waals surface area (Å²) in [6.07, 6.45) is 0. The van der Waals surface area contributed by atoms with Gasteiger partial charge < -0.3 is 9.13 Å². The Morgan fingerprint density at radius 3 is 1.33 bits per heavy atom. The molecule has 3 aromatic heterocycles. The Hall–Kier alpha value is -8.65. The van der Waals surface area contributed by atoms with Crippen LogP contribution in [0.3, 0.4) is 0 Å². The van der Waals surface area contributed by atoms with Crippen molar-refractivity contribution in [2.75, 3.05) is 0 Å². The number of hydrogen-bond donors (Lipinski definition) is 0. The second-order valence-corrected chi connectivity index (χ2v) is 16.7. The lowest BCUT2D eigenvalue weighted by Crippen LogP contribution is -2.06. The van der Waals surface area contributed by atoms with E-state index in [1.807, 2.05) is 72.8 Å². The highest BCUT2D eigenvalue weighted by Gasteiger charge is 2.24. The molecule has 302 valence electrons. The van der Waals surface area contributed by atoms with E-state index in [0.29, 0.717) is 34.2 Å². The molecule has 0 atom stereocenters. The molecule has 0 amide bonds. The molecule has 0 spiro atoms. The van der Waals surface area contributed by atoms with E-state index in [4.69, 9.17) is 15.0 Å². The summed E-state index contributed by atoms with van der Waals surface area (Å²) in [5, 5.41) is 25.3. The van der Waals surface area contributed by atoms with Crippen LogP contribution in [0.2, 0.25) is 0 Å². The topological polar surface area (TPSA) is 96.1 Å². The van der Waals surface area contributed by atoms with Gasteiger partial charge in [-0.25, -0.2) is 15.0 Å². The van der Waals surface area contributed by atoms with E-state index in [1.165, 1.54) is 22.3 Å². The number of nitrogens with zero attached hydrogens (tertiary/aromatic N) is 7. The Balaban J connectivity index is 1.25. The van der Waals surface area contributed by atoms with Gasteiger partial charge in [0.1, 0.15) is 0 Å². The zero-order chi connectivity index (χ0) is 43.6. The lowest BCUT2D eigenvalue weighted by molar-refractivity contribution is 1.06. The number of aromatic nitrogens is 5. The first-order valence-corrected chi connectivity index (χ1v) is 21.3. The summed E-state index contributed by atoms with van der Waals surface area (Å²) in [6, 6.07) is 60.7. The van der Waals surface area contributed by atoms with Crippen LogP contribution in [-0.4, -0.2) is 24.1 Å². The minimum Gasteiger partial charge on any atom is -0.309 e. The molecule has 0 aliphatic rings. The van der Waals surface area contributed by atoms with Crippen molar-refractivity contribution in [1.82, 2.24) is 24.1 Å². The molecule has 64 heavy (non-hydrogen) atoms. The van der Waals surface area contributed by atoms with Gasteiger partial charge in [0, 0.05) is 38.2 Å². The molecule has 0 unspecified atom stereocenters. The number of hydrogen-bond acceptors (Lipinski definition) is 5. The van der Waals surface area contributed by atoms with Gasteiger partial charge in [0.2, 0.25) is 0 Å². The second kappa shape index (κ2) is 15.1. The summed E-state index contributed by atoms with van der Waals surface area (Å²) in [4.78, 5) is 16.0. The summed E-state index contributed by atoms with van der Waals surface area (Å²) in [5.41, 5.74) is 15.6. The molecule has 0 saturated heterocycles. The minimum atomic E-state index is 0.424. The number of rotatable bonds is 6. The third-order valence-corrected chi connectivity index (χ3v) is 12.3. The van der Waals surface area contributed by atoms with Crippen molar-refractivity contribution >= 4 is 43.6 Å². The average molecular weight is 822 g/mol. The van der Waals surface area contributed by atoms with Crippen molar-refractivity contribution in [2.45, 2.75) is 27.7 Å². The van der Waals surface area contributed by atoms with E-state index in [2.05, 4.69) is 140 Å². The first-order chi connectivity index (χ1) is 31.3. The summed E-state index contributed by atoms with van der Waals surface area (Å²) in [7, 11) is 0. The standard InChI is InChI=1S/C57H39N7/c1-34-14-20-49-43(26-34)44-27-35(2)15-21-50(44)63(49)53-24-18-38(32-58)30-47(53)56-60-55(39-10-6-5-7-11-39)61-57(62-56)48-31-40(42-13-9-8-12-41(42)33-59)19-25-54(48)64-51-22-16-36(3)28-45(51)46-29-37(4)17-23-52(46)64/h5-31H,1-4H3.